The van der Waals surface area contributed by atoms with Crippen LogP contribution < -0.4 is 0 Å². The van der Waals surface area contributed by atoms with Crippen LogP contribution in [0.5, 0.6) is 0 Å². The number of aryl methyl sites for hydroxylation is 1. The molecule has 1 fully saturated rings. The highest BCUT2D eigenvalue weighted by Crippen LogP contribution is 2.63. The summed E-state index contributed by atoms with van der Waals surface area (Å²) in [6.07, 6.45) is 5.07. The molecule has 1 aromatic heterocycles. The Bertz CT molecular complexity index is 1400. The zero-order chi connectivity index (χ0) is 20.8. The third-order valence-corrected chi connectivity index (χ3v) is 9.10. The van der Waals surface area contributed by atoms with Crippen LogP contribution in [0.3, 0.4) is 0 Å². The second kappa shape index (κ2) is 5.83. The molecule has 0 saturated heterocycles. The Labute approximate surface area is 179 Å². The van der Waals surface area contributed by atoms with Crippen molar-refractivity contribution in [3.05, 3.63) is 64.3 Å². The van der Waals surface area contributed by atoms with Crippen molar-refractivity contribution in [2.45, 2.75) is 37.5 Å². The number of hydrogen-bond donors (Lipinski definition) is 0. The van der Waals surface area contributed by atoms with E-state index in [0.29, 0.717) is 10.5 Å². The van der Waals surface area contributed by atoms with E-state index in [2.05, 4.69) is 5.10 Å². The largest absolute Gasteiger partial charge is 0.293 e. The van der Waals surface area contributed by atoms with Crippen LogP contribution in [0.4, 0.5) is 0 Å². The summed E-state index contributed by atoms with van der Waals surface area (Å²) in [6.45, 7) is 1.92. The van der Waals surface area contributed by atoms with Gasteiger partial charge in [-0.25, -0.2) is 0 Å². The Hall–Kier alpha value is -2.44. The average molecular weight is 439 g/mol. The highest BCUT2D eigenvalue weighted by molar-refractivity contribution is 7.90. The van der Waals surface area contributed by atoms with Crippen LogP contribution in [-0.2, 0) is 21.2 Å². The standard InChI is InChI=1S/C23H19ClN2O3S/c1-13-2-4-15(5-3-13)30(28,29)26-19-7-6-16-17(18(19)12-25-26)11-23-9-8-14(10-23)22(27)21(24)20(16)23/h2-7,12,14H,8-11H2,1H3/t14-,23+/m1/s1. The molecule has 7 heteroatoms. The highest BCUT2D eigenvalue weighted by Gasteiger charge is 2.54. The molecular formula is C23H19ClN2O3S. The van der Waals surface area contributed by atoms with Crippen LogP contribution >= 0.6 is 11.6 Å². The third-order valence-electron chi connectivity index (χ3n) is 7.11. The van der Waals surface area contributed by atoms with Crippen molar-refractivity contribution in [1.29, 1.82) is 0 Å². The molecule has 2 aromatic carbocycles. The zero-order valence-corrected chi connectivity index (χ0v) is 17.9. The van der Waals surface area contributed by atoms with Gasteiger partial charge in [0.2, 0.25) is 0 Å². The number of Topliss-reactive ketones (excluding diaryl/α,β-unsaturated/α-hetero) is 1. The molecule has 0 aliphatic heterocycles. The molecule has 3 aromatic rings. The van der Waals surface area contributed by atoms with Gasteiger partial charge in [-0.1, -0.05) is 35.4 Å². The Balaban J connectivity index is 1.55. The summed E-state index contributed by atoms with van der Waals surface area (Å²) in [5.41, 5.74) is 4.46. The molecule has 0 amide bonds. The molecule has 1 saturated carbocycles. The first kappa shape index (κ1) is 18.3. The van der Waals surface area contributed by atoms with Crippen molar-refractivity contribution < 1.29 is 13.2 Å². The first-order valence-electron chi connectivity index (χ1n) is 10.1. The molecule has 6 rings (SSSR count). The maximum Gasteiger partial charge on any atom is 0.283 e. The molecule has 152 valence electrons. The lowest BCUT2D eigenvalue weighted by Gasteiger charge is -2.30. The van der Waals surface area contributed by atoms with E-state index in [1.165, 1.54) is 0 Å². The fourth-order valence-electron chi connectivity index (χ4n) is 5.67. The normalized spacial score (nSPS) is 25.1. The number of benzene rings is 2. The van der Waals surface area contributed by atoms with Gasteiger partial charge in [0.05, 0.1) is 21.6 Å². The van der Waals surface area contributed by atoms with Crippen molar-refractivity contribution in [3.63, 3.8) is 0 Å². The van der Waals surface area contributed by atoms with E-state index in [-0.39, 0.29) is 22.0 Å². The number of nitrogens with zero attached hydrogens (tertiary/aromatic N) is 2. The van der Waals surface area contributed by atoms with Crippen molar-refractivity contribution in [2.75, 3.05) is 0 Å². The van der Waals surface area contributed by atoms with Crippen molar-refractivity contribution in [2.24, 2.45) is 11.3 Å². The van der Waals surface area contributed by atoms with E-state index in [1.54, 1.807) is 36.5 Å². The molecule has 0 unspecified atom stereocenters. The molecule has 3 aliphatic carbocycles. The van der Waals surface area contributed by atoms with Crippen LogP contribution in [0.2, 0.25) is 0 Å². The number of hydrogen-bond acceptors (Lipinski definition) is 4. The van der Waals surface area contributed by atoms with E-state index in [0.717, 1.165) is 57.4 Å². The fraction of sp³-hybridized carbons (Fsp3) is 0.304. The molecule has 5 nitrogen and oxygen atoms in total. The van der Waals surface area contributed by atoms with Gasteiger partial charge in [-0.15, -0.1) is 0 Å². The van der Waals surface area contributed by atoms with Crippen molar-refractivity contribution in [3.8, 4) is 0 Å². The van der Waals surface area contributed by atoms with Gasteiger partial charge in [-0.3, -0.25) is 4.79 Å². The summed E-state index contributed by atoms with van der Waals surface area (Å²) in [5, 5.41) is 5.46. The maximum atomic E-state index is 13.2. The molecule has 2 atom stereocenters. The third kappa shape index (κ3) is 2.21. The van der Waals surface area contributed by atoms with Crippen LogP contribution in [0, 0.1) is 18.3 Å². The number of fused-ring (bicyclic) bond motifs is 5. The summed E-state index contributed by atoms with van der Waals surface area (Å²) >= 11 is 6.56. The van der Waals surface area contributed by atoms with E-state index >= 15 is 0 Å². The Morgan fingerprint density at radius 1 is 1.17 bits per heavy atom. The predicted molar refractivity (Wildman–Crippen MR) is 115 cm³/mol. The van der Waals surface area contributed by atoms with Gasteiger partial charge in [0, 0.05) is 16.7 Å². The number of ketones is 1. The SMILES string of the molecule is Cc1ccc(S(=O)(=O)n2ncc3c4c(ccc32)C2=C(Cl)C(=O)[C@@H]3CC[C@@]2(C4)C3)cc1. The fourth-order valence-corrected chi connectivity index (χ4v) is 7.39. The summed E-state index contributed by atoms with van der Waals surface area (Å²) in [6, 6.07) is 10.5. The second-order valence-corrected chi connectivity index (χ2v) is 10.9. The van der Waals surface area contributed by atoms with Gasteiger partial charge in [0.15, 0.2) is 5.78 Å². The minimum Gasteiger partial charge on any atom is -0.293 e. The van der Waals surface area contributed by atoms with Gasteiger partial charge < -0.3 is 0 Å². The number of halogens is 1. The lowest BCUT2D eigenvalue weighted by atomic mass is 9.74. The maximum absolute atomic E-state index is 13.2. The lowest BCUT2D eigenvalue weighted by molar-refractivity contribution is -0.118. The number of carbonyl (C=O) groups is 1. The van der Waals surface area contributed by atoms with Crippen LogP contribution in [0.15, 0.2) is 52.5 Å². The van der Waals surface area contributed by atoms with Gasteiger partial charge in [-0.2, -0.15) is 17.6 Å². The lowest BCUT2D eigenvalue weighted by Crippen LogP contribution is -2.25. The molecule has 0 N–H and O–H groups in total. The summed E-state index contributed by atoms with van der Waals surface area (Å²) in [7, 11) is -3.80. The van der Waals surface area contributed by atoms with Crippen LogP contribution in [0.1, 0.15) is 36.0 Å². The quantitative estimate of drug-likeness (QED) is 0.592. The zero-order valence-electron chi connectivity index (χ0n) is 16.4. The van der Waals surface area contributed by atoms with Gasteiger partial charge in [0.25, 0.3) is 10.0 Å². The molecule has 3 aliphatic rings. The molecule has 1 spiro atoms. The van der Waals surface area contributed by atoms with E-state index in [9.17, 15) is 13.2 Å². The Morgan fingerprint density at radius 3 is 2.70 bits per heavy atom. The first-order valence-corrected chi connectivity index (χ1v) is 11.9. The van der Waals surface area contributed by atoms with Gasteiger partial charge in [0.1, 0.15) is 0 Å². The predicted octanol–water partition coefficient (Wildman–Crippen LogP) is 4.46. The minimum atomic E-state index is -3.80. The van der Waals surface area contributed by atoms with Crippen molar-refractivity contribution >= 4 is 43.9 Å². The number of rotatable bonds is 2. The summed E-state index contributed by atoms with van der Waals surface area (Å²) in [5.74, 6) is 0.0843. The van der Waals surface area contributed by atoms with Crippen LogP contribution in [-0.4, -0.2) is 23.4 Å². The summed E-state index contributed by atoms with van der Waals surface area (Å²) in [4.78, 5) is 12.8. The van der Waals surface area contributed by atoms with E-state index < -0.39 is 10.0 Å². The second-order valence-electron chi connectivity index (χ2n) is 8.78. The van der Waals surface area contributed by atoms with Crippen LogP contribution in [0.25, 0.3) is 16.5 Å². The monoisotopic (exact) mass is 438 g/mol. The van der Waals surface area contributed by atoms with Crippen molar-refractivity contribution in [1.82, 2.24) is 9.19 Å². The highest BCUT2D eigenvalue weighted by atomic mass is 35.5. The minimum absolute atomic E-state index is 0.0238. The Kier molecular flexibility index (Phi) is 3.56. The molecular weight excluding hydrogens is 420 g/mol. The number of aromatic nitrogens is 2. The molecule has 30 heavy (non-hydrogen) atoms. The number of allylic oxidation sites excluding steroid dienone is 2. The topological polar surface area (TPSA) is 69.0 Å². The van der Waals surface area contributed by atoms with E-state index in [4.69, 9.17) is 11.6 Å². The molecule has 0 radical (unpaired) electrons. The summed E-state index contributed by atoms with van der Waals surface area (Å²) < 4.78 is 27.6. The van der Waals surface area contributed by atoms with Gasteiger partial charge in [-0.05, 0) is 67.5 Å². The Morgan fingerprint density at radius 2 is 1.93 bits per heavy atom. The first-order chi connectivity index (χ1) is 14.3. The molecule has 1 heterocycles. The smallest absolute Gasteiger partial charge is 0.283 e. The molecule has 2 bridgehead atoms. The number of carbonyl (C=O) groups excluding carboxylic acids is 1. The van der Waals surface area contributed by atoms with Gasteiger partial charge >= 0.3 is 0 Å². The van der Waals surface area contributed by atoms with E-state index in [1.807, 2.05) is 13.0 Å². The average Bonchev–Trinajstić information content (AvgIpc) is 3.40.